The number of nitrogens with zero attached hydrogens (tertiary/aromatic N) is 2. The van der Waals surface area contributed by atoms with Crippen molar-refractivity contribution in [3.8, 4) is 22.8 Å². The lowest BCUT2D eigenvalue weighted by Gasteiger charge is -2.11. The van der Waals surface area contributed by atoms with Gasteiger partial charge in [-0.2, -0.15) is 0 Å². The summed E-state index contributed by atoms with van der Waals surface area (Å²) in [4.78, 5) is 17.9. The molecule has 0 bridgehead atoms. The maximum atomic E-state index is 13.0. The van der Waals surface area contributed by atoms with Crippen molar-refractivity contribution in [3.05, 3.63) is 82.7 Å². The molecule has 0 atom stereocenters. The fourth-order valence-electron chi connectivity index (χ4n) is 4.14. The number of ether oxygens (including phenoxy) is 2. The van der Waals surface area contributed by atoms with Crippen LogP contribution in [0.3, 0.4) is 0 Å². The van der Waals surface area contributed by atoms with Gasteiger partial charge in [-0.05, 0) is 73.7 Å². The first-order valence-corrected chi connectivity index (χ1v) is 11.4. The predicted molar refractivity (Wildman–Crippen MR) is 135 cm³/mol. The van der Waals surface area contributed by atoms with E-state index in [0.717, 1.165) is 33.7 Å². The van der Waals surface area contributed by atoms with Crippen molar-refractivity contribution >= 4 is 11.6 Å². The normalized spacial score (nSPS) is 11.0. The molecule has 4 rings (SSSR count). The van der Waals surface area contributed by atoms with Crippen LogP contribution in [-0.2, 0) is 17.6 Å². The Labute approximate surface area is 200 Å². The Morgan fingerprint density at radius 1 is 0.941 bits per heavy atom. The zero-order valence-corrected chi connectivity index (χ0v) is 20.4. The first kappa shape index (κ1) is 23.4. The summed E-state index contributed by atoms with van der Waals surface area (Å²) in [5, 5.41) is 3.06. The molecule has 2 heterocycles. The Bertz CT molecular complexity index is 1340. The molecule has 4 aromatic rings. The van der Waals surface area contributed by atoms with E-state index < -0.39 is 0 Å². The molecule has 1 amide bonds. The van der Waals surface area contributed by atoms with Crippen molar-refractivity contribution in [2.24, 2.45) is 0 Å². The molecule has 0 spiro atoms. The van der Waals surface area contributed by atoms with E-state index in [1.165, 1.54) is 11.1 Å². The molecular weight excluding hydrogens is 426 g/mol. The highest BCUT2D eigenvalue weighted by molar-refractivity contribution is 5.82. The highest BCUT2D eigenvalue weighted by atomic mass is 16.5. The molecule has 0 aliphatic rings. The quantitative estimate of drug-likeness (QED) is 0.411. The van der Waals surface area contributed by atoms with Crippen molar-refractivity contribution in [2.75, 3.05) is 20.8 Å². The predicted octanol–water partition coefficient (Wildman–Crippen LogP) is 4.85. The monoisotopic (exact) mass is 457 g/mol. The summed E-state index contributed by atoms with van der Waals surface area (Å²) in [7, 11) is 3.24. The number of imidazole rings is 1. The second kappa shape index (κ2) is 10.00. The van der Waals surface area contributed by atoms with Crippen LogP contribution < -0.4 is 14.8 Å². The minimum absolute atomic E-state index is 0.0335. The summed E-state index contributed by atoms with van der Waals surface area (Å²) in [6.07, 6.45) is 2.92. The van der Waals surface area contributed by atoms with Gasteiger partial charge in [0.1, 0.15) is 5.65 Å². The number of methoxy groups -OCH3 is 2. The van der Waals surface area contributed by atoms with Crippen LogP contribution in [0.1, 0.15) is 27.9 Å². The molecule has 6 nitrogen and oxygen atoms in total. The number of benzene rings is 2. The number of amides is 1. The SMILES string of the molecule is COc1ccc(CCNC(=O)Cc2c(-c3ccc(C)c(C)c3)nc3c(C)cccn23)cc1OC. The number of hydrogen-bond donors (Lipinski definition) is 1. The smallest absolute Gasteiger partial charge is 0.226 e. The van der Waals surface area contributed by atoms with Crippen LogP contribution in [0.2, 0.25) is 0 Å². The number of pyridine rings is 1. The summed E-state index contributed by atoms with van der Waals surface area (Å²) in [6, 6.07) is 16.2. The lowest BCUT2D eigenvalue weighted by Crippen LogP contribution is -2.27. The van der Waals surface area contributed by atoms with Crippen molar-refractivity contribution in [1.82, 2.24) is 14.7 Å². The maximum Gasteiger partial charge on any atom is 0.226 e. The number of hydrogen-bond acceptors (Lipinski definition) is 4. The number of nitrogens with one attached hydrogen (secondary N) is 1. The number of rotatable bonds is 8. The van der Waals surface area contributed by atoms with Crippen LogP contribution in [0, 0.1) is 20.8 Å². The van der Waals surface area contributed by atoms with Gasteiger partial charge >= 0.3 is 0 Å². The second-order valence-electron chi connectivity index (χ2n) is 8.56. The molecule has 0 aliphatic heterocycles. The van der Waals surface area contributed by atoms with Crippen LogP contribution in [0.4, 0.5) is 0 Å². The number of carbonyl (C=O) groups is 1. The molecule has 6 heteroatoms. The topological polar surface area (TPSA) is 64.9 Å². The third kappa shape index (κ3) is 4.76. The van der Waals surface area contributed by atoms with Crippen LogP contribution in [-0.4, -0.2) is 36.1 Å². The molecular formula is C28H31N3O3. The molecule has 0 radical (unpaired) electrons. The Kier molecular flexibility index (Phi) is 6.87. The minimum atomic E-state index is -0.0335. The molecule has 1 N–H and O–H groups in total. The summed E-state index contributed by atoms with van der Waals surface area (Å²) in [5.74, 6) is 1.34. The van der Waals surface area contributed by atoms with Crippen LogP contribution in [0.25, 0.3) is 16.9 Å². The summed E-state index contributed by atoms with van der Waals surface area (Å²) >= 11 is 0. The number of aryl methyl sites for hydroxylation is 3. The van der Waals surface area contributed by atoms with Crippen molar-refractivity contribution in [3.63, 3.8) is 0 Å². The fraction of sp³-hybridized carbons (Fsp3) is 0.286. The summed E-state index contributed by atoms with van der Waals surface area (Å²) in [5.41, 5.74) is 8.24. The molecule has 2 aromatic heterocycles. The Hall–Kier alpha value is -3.80. The standard InChI is InChI=1S/C28H31N3O3/c1-18-8-10-22(15-20(18)3)27-23(31-14-6-7-19(2)28(31)30-27)17-26(32)29-13-12-21-9-11-24(33-4)25(16-21)34-5/h6-11,14-16H,12-13,17H2,1-5H3,(H,29,32). The first-order chi connectivity index (χ1) is 16.4. The number of aromatic nitrogens is 2. The third-order valence-electron chi connectivity index (χ3n) is 6.24. The van der Waals surface area contributed by atoms with E-state index in [1.807, 2.05) is 47.9 Å². The Morgan fingerprint density at radius 3 is 2.47 bits per heavy atom. The van der Waals surface area contributed by atoms with Gasteiger partial charge in [-0.1, -0.05) is 24.3 Å². The Morgan fingerprint density at radius 2 is 1.74 bits per heavy atom. The van der Waals surface area contributed by atoms with Crippen LogP contribution >= 0.6 is 0 Å². The van der Waals surface area contributed by atoms with Crippen LogP contribution in [0.15, 0.2) is 54.7 Å². The zero-order chi connectivity index (χ0) is 24.2. The van der Waals surface area contributed by atoms with E-state index >= 15 is 0 Å². The molecule has 0 fully saturated rings. The van der Waals surface area contributed by atoms with Gasteiger partial charge in [0.15, 0.2) is 11.5 Å². The van der Waals surface area contributed by atoms with E-state index in [-0.39, 0.29) is 12.3 Å². The van der Waals surface area contributed by atoms with Crippen LogP contribution in [0.5, 0.6) is 11.5 Å². The summed E-state index contributed by atoms with van der Waals surface area (Å²) in [6.45, 7) is 6.77. The van der Waals surface area contributed by atoms with Gasteiger partial charge in [-0.3, -0.25) is 4.79 Å². The molecule has 0 saturated carbocycles. The zero-order valence-electron chi connectivity index (χ0n) is 20.4. The number of fused-ring (bicyclic) bond motifs is 1. The molecule has 34 heavy (non-hydrogen) atoms. The van der Waals surface area contributed by atoms with Gasteiger partial charge in [0.2, 0.25) is 5.91 Å². The van der Waals surface area contributed by atoms with E-state index in [9.17, 15) is 4.79 Å². The van der Waals surface area contributed by atoms with Gasteiger partial charge in [-0.15, -0.1) is 0 Å². The molecule has 2 aromatic carbocycles. The molecule has 0 aliphatic carbocycles. The van der Waals surface area contributed by atoms with Gasteiger partial charge in [0.25, 0.3) is 0 Å². The Balaban J connectivity index is 1.53. The highest BCUT2D eigenvalue weighted by Crippen LogP contribution is 2.29. The number of carbonyl (C=O) groups excluding carboxylic acids is 1. The summed E-state index contributed by atoms with van der Waals surface area (Å²) < 4.78 is 12.7. The first-order valence-electron chi connectivity index (χ1n) is 11.4. The van der Waals surface area contributed by atoms with E-state index in [4.69, 9.17) is 14.5 Å². The van der Waals surface area contributed by atoms with Crippen molar-refractivity contribution in [1.29, 1.82) is 0 Å². The largest absolute Gasteiger partial charge is 0.493 e. The molecule has 176 valence electrons. The van der Waals surface area contributed by atoms with Gasteiger partial charge in [0, 0.05) is 18.3 Å². The third-order valence-corrected chi connectivity index (χ3v) is 6.24. The lowest BCUT2D eigenvalue weighted by atomic mass is 10.0. The van der Waals surface area contributed by atoms with Gasteiger partial charge in [0.05, 0.1) is 32.0 Å². The maximum absolute atomic E-state index is 13.0. The highest BCUT2D eigenvalue weighted by Gasteiger charge is 2.18. The van der Waals surface area contributed by atoms with E-state index in [2.05, 4.69) is 37.4 Å². The molecule has 0 saturated heterocycles. The molecule has 0 unspecified atom stereocenters. The fourth-order valence-corrected chi connectivity index (χ4v) is 4.14. The minimum Gasteiger partial charge on any atom is -0.493 e. The van der Waals surface area contributed by atoms with E-state index in [1.54, 1.807) is 14.2 Å². The average Bonchev–Trinajstić information content (AvgIpc) is 3.20. The lowest BCUT2D eigenvalue weighted by molar-refractivity contribution is -0.120. The van der Waals surface area contributed by atoms with E-state index in [0.29, 0.717) is 24.5 Å². The van der Waals surface area contributed by atoms with Crippen molar-refractivity contribution < 1.29 is 14.3 Å². The second-order valence-corrected chi connectivity index (χ2v) is 8.56. The average molecular weight is 458 g/mol. The van der Waals surface area contributed by atoms with Gasteiger partial charge in [-0.25, -0.2) is 4.98 Å². The van der Waals surface area contributed by atoms with Crippen molar-refractivity contribution in [2.45, 2.75) is 33.6 Å². The van der Waals surface area contributed by atoms with Gasteiger partial charge < -0.3 is 19.2 Å².